The van der Waals surface area contributed by atoms with E-state index in [9.17, 15) is 30.3 Å². The molecule has 7 N–H and O–H groups in total. The third-order valence-corrected chi connectivity index (χ3v) is 4.66. The van der Waals surface area contributed by atoms with Gasteiger partial charge in [0.1, 0.15) is 36.4 Å². The topological polar surface area (TPSA) is 150 Å². The van der Waals surface area contributed by atoms with Crippen molar-refractivity contribution in [2.24, 2.45) is 17.8 Å². The van der Waals surface area contributed by atoms with E-state index in [1.807, 2.05) is 13.8 Å². The lowest BCUT2D eigenvalue weighted by Crippen LogP contribution is -2.53. The van der Waals surface area contributed by atoms with Gasteiger partial charge in [-0.2, -0.15) is 0 Å². The molecule has 0 saturated carbocycles. The van der Waals surface area contributed by atoms with Crippen LogP contribution in [0.1, 0.15) is 53.4 Å². The number of carbonyl (C=O) groups is 1. The van der Waals surface area contributed by atoms with Gasteiger partial charge in [-0.15, -0.1) is 0 Å². The summed E-state index contributed by atoms with van der Waals surface area (Å²) in [6.07, 6.45) is -5.36. The molecule has 0 heterocycles. The van der Waals surface area contributed by atoms with E-state index in [0.29, 0.717) is 18.9 Å². The quantitative estimate of drug-likeness (QED) is 0.144. The van der Waals surface area contributed by atoms with E-state index in [1.165, 1.54) is 0 Å². The minimum absolute atomic E-state index is 0.00558. The van der Waals surface area contributed by atoms with Gasteiger partial charge in [-0.1, -0.05) is 34.1 Å². The molecule has 0 rings (SSSR count). The number of unbranched alkanes of at least 4 members (excludes halogenated alkanes) is 1. The van der Waals surface area contributed by atoms with Crippen LogP contribution in [0.25, 0.3) is 0 Å². The van der Waals surface area contributed by atoms with E-state index in [2.05, 4.69) is 19.2 Å². The van der Waals surface area contributed by atoms with Gasteiger partial charge in [-0.25, -0.2) is 0 Å². The highest BCUT2D eigenvalue weighted by Gasteiger charge is 2.33. The van der Waals surface area contributed by atoms with Crippen LogP contribution in [-0.4, -0.2) is 80.2 Å². The standard InChI is InChI=1S/C19H39NO7/c1-11(2)9-13(15(23)12(3)4)7-5-6-8-20-19(27)18(26)17(25)16(24)14(22)10-21/h11-14,16-22,24-27H,5-10H2,1-4H3. The van der Waals surface area contributed by atoms with Crippen molar-refractivity contribution in [2.45, 2.75) is 84.0 Å². The third kappa shape index (κ3) is 9.94. The molecular formula is C19H39NO7. The molecule has 27 heavy (non-hydrogen) atoms. The molecule has 0 saturated heterocycles. The molecule has 162 valence electrons. The zero-order chi connectivity index (χ0) is 21.1. The van der Waals surface area contributed by atoms with Gasteiger partial charge < -0.3 is 30.6 Å². The molecule has 0 fully saturated rings. The summed E-state index contributed by atoms with van der Waals surface area (Å²) < 4.78 is 0. The van der Waals surface area contributed by atoms with Crippen molar-refractivity contribution in [3.05, 3.63) is 0 Å². The number of nitrogens with one attached hydrogen (secondary N) is 1. The summed E-state index contributed by atoms with van der Waals surface area (Å²) >= 11 is 0. The van der Waals surface area contributed by atoms with Crippen molar-refractivity contribution in [3.8, 4) is 0 Å². The average molecular weight is 394 g/mol. The minimum atomic E-state index is -1.81. The van der Waals surface area contributed by atoms with Crippen molar-refractivity contribution < 1.29 is 35.4 Å². The Morgan fingerprint density at radius 3 is 1.96 bits per heavy atom. The zero-order valence-electron chi connectivity index (χ0n) is 17.0. The predicted molar refractivity (Wildman–Crippen MR) is 102 cm³/mol. The molecule has 0 radical (unpaired) electrons. The van der Waals surface area contributed by atoms with Gasteiger partial charge in [0.2, 0.25) is 0 Å². The smallest absolute Gasteiger partial charge is 0.138 e. The molecule has 8 nitrogen and oxygen atoms in total. The molecule has 0 aromatic carbocycles. The molecular weight excluding hydrogens is 354 g/mol. The molecule has 6 atom stereocenters. The van der Waals surface area contributed by atoms with Crippen molar-refractivity contribution >= 4 is 5.78 Å². The first kappa shape index (κ1) is 26.4. The third-order valence-electron chi connectivity index (χ3n) is 4.66. The van der Waals surface area contributed by atoms with Crippen molar-refractivity contribution in [3.63, 3.8) is 0 Å². The van der Waals surface area contributed by atoms with Crippen LogP contribution in [-0.2, 0) is 4.79 Å². The summed E-state index contributed by atoms with van der Waals surface area (Å²) in [5, 5.41) is 59.6. The normalized spacial score (nSPS) is 19.0. The Hall–Kier alpha value is -0.610. The van der Waals surface area contributed by atoms with E-state index in [1.54, 1.807) is 0 Å². The fraction of sp³-hybridized carbons (Fsp3) is 0.947. The fourth-order valence-corrected chi connectivity index (χ4v) is 3.03. The van der Waals surface area contributed by atoms with Gasteiger partial charge in [0.15, 0.2) is 0 Å². The molecule has 8 heteroatoms. The van der Waals surface area contributed by atoms with Gasteiger partial charge in [0, 0.05) is 11.8 Å². The zero-order valence-corrected chi connectivity index (χ0v) is 17.0. The highest BCUT2D eigenvalue weighted by Crippen LogP contribution is 2.22. The van der Waals surface area contributed by atoms with Crippen molar-refractivity contribution in [1.82, 2.24) is 5.32 Å². The Morgan fingerprint density at radius 2 is 1.48 bits per heavy atom. The molecule has 0 amide bonds. The lowest BCUT2D eigenvalue weighted by atomic mass is 9.84. The van der Waals surface area contributed by atoms with Crippen LogP contribution >= 0.6 is 0 Å². The van der Waals surface area contributed by atoms with Crippen LogP contribution in [0.2, 0.25) is 0 Å². The number of aliphatic hydroxyl groups is 6. The Labute approximate surface area is 162 Å². The maximum atomic E-state index is 12.3. The molecule has 0 aromatic heterocycles. The van der Waals surface area contributed by atoms with Crippen molar-refractivity contribution in [1.29, 1.82) is 0 Å². The van der Waals surface area contributed by atoms with Crippen LogP contribution < -0.4 is 5.32 Å². The van der Waals surface area contributed by atoms with Crippen LogP contribution in [0.3, 0.4) is 0 Å². The van der Waals surface area contributed by atoms with E-state index < -0.39 is 37.3 Å². The lowest BCUT2D eigenvalue weighted by Gasteiger charge is -2.28. The second-order valence-electron chi connectivity index (χ2n) is 8.00. The van der Waals surface area contributed by atoms with Crippen molar-refractivity contribution in [2.75, 3.05) is 13.2 Å². The Kier molecular flexibility index (Phi) is 13.2. The fourth-order valence-electron chi connectivity index (χ4n) is 3.03. The summed E-state index contributed by atoms with van der Waals surface area (Å²) in [4.78, 5) is 12.3. The summed E-state index contributed by atoms with van der Waals surface area (Å²) in [6, 6.07) is 0. The maximum absolute atomic E-state index is 12.3. The summed E-state index contributed by atoms with van der Waals surface area (Å²) in [7, 11) is 0. The number of aliphatic hydroxyl groups excluding tert-OH is 6. The first-order valence-corrected chi connectivity index (χ1v) is 9.81. The van der Waals surface area contributed by atoms with Gasteiger partial charge >= 0.3 is 0 Å². The monoisotopic (exact) mass is 393 g/mol. The van der Waals surface area contributed by atoms with E-state index in [4.69, 9.17) is 5.11 Å². The number of hydrogen-bond acceptors (Lipinski definition) is 8. The molecule has 6 unspecified atom stereocenters. The number of ketones is 1. The molecule has 0 spiro atoms. The van der Waals surface area contributed by atoms with Gasteiger partial charge in [0.25, 0.3) is 0 Å². The molecule has 0 aromatic rings. The second kappa shape index (κ2) is 13.5. The van der Waals surface area contributed by atoms with Gasteiger partial charge in [-0.05, 0) is 31.7 Å². The molecule has 0 aliphatic rings. The molecule has 0 bridgehead atoms. The largest absolute Gasteiger partial charge is 0.394 e. The second-order valence-corrected chi connectivity index (χ2v) is 8.00. The summed E-state index contributed by atoms with van der Waals surface area (Å²) in [6.45, 7) is 7.57. The summed E-state index contributed by atoms with van der Waals surface area (Å²) in [5.41, 5.74) is 0. The van der Waals surface area contributed by atoms with E-state index >= 15 is 0 Å². The lowest BCUT2D eigenvalue weighted by molar-refractivity contribution is -0.145. The van der Waals surface area contributed by atoms with Crippen LogP contribution in [0.4, 0.5) is 0 Å². The van der Waals surface area contributed by atoms with Crippen LogP contribution in [0.5, 0.6) is 0 Å². The number of Topliss-reactive ketones (excluding diaryl/α,β-unsaturated/α-hetero) is 1. The Balaban J connectivity index is 4.29. The van der Waals surface area contributed by atoms with E-state index in [0.717, 1.165) is 19.3 Å². The summed E-state index contributed by atoms with van der Waals surface area (Å²) in [5.74, 6) is 0.741. The molecule has 0 aliphatic carbocycles. The first-order chi connectivity index (χ1) is 12.5. The predicted octanol–water partition coefficient (Wildman–Crippen LogP) is -0.612. The maximum Gasteiger partial charge on any atom is 0.138 e. The Morgan fingerprint density at radius 1 is 0.889 bits per heavy atom. The minimum Gasteiger partial charge on any atom is -0.394 e. The SMILES string of the molecule is CC(C)CC(CCCCNC(O)C(O)C(O)C(O)C(O)CO)C(=O)C(C)C. The average Bonchev–Trinajstić information content (AvgIpc) is 2.62. The highest BCUT2D eigenvalue weighted by molar-refractivity contribution is 5.82. The van der Waals surface area contributed by atoms with Gasteiger partial charge in [0.05, 0.1) is 6.61 Å². The number of hydrogen-bond donors (Lipinski definition) is 7. The van der Waals surface area contributed by atoms with E-state index in [-0.39, 0.29) is 17.6 Å². The molecule has 0 aliphatic heterocycles. The Bertz CT molecular complexity index is 406. The highest BCUT2D eigenvalue weighted by atomic mass is 16.4. The first-order valence-electron chi connectivity index (χ1n) is 9.81. The van der Waals surface area contributed by atoms with Gasteiger partial charge in [-0.3, -0.25) is 10.1 Å². The number of carbonyl (C=O) groups excluding carboxylic acids is 1. The van der Waals surface area contributed by atoms with Crippen LogP contribution in [0, 0.1) is 17.8 Å². The van der Waals surface area contributed by atoms with Crippen LogP contribution in [0.15, 0.2) is 0 Å². The number of rotatable bonds is 15.